The Kier molecular flexibility index (Phi) is 4.88. The van der Waals surface area contributed by atoms with E-state index in [0.717, 1.165) is 30.5 Å². The third-order valence-electron chi connectivity index (χ3n) is 5.28. The fourth-order valence-electron chi connectivity index (χ4n) is 3.90. The van der Waals surface area contributed by atoms with E-state index in [9.17, 15) is 9.59 Å². The second kappa shape index (κ2) is 7.50. The molecule has 2 heterocycles. The SMILES string of the molecule is CCCC(=N)n1c(=N)c(=O)[nH]c2cc(C(=O)N3CCCc4ccccc43)ccc21. The van der Waals surface area contributed by atoms with Gasteiger partial charge in [0.05, 0.1) is 11.0 Å². The van der Waals surface area contributed by atoms with Gasteiger partial charge in [0.25, 0.3) is 11.5 Å². The number of H-pyrrole nitrogens is 1. The molecular formula is C22H23N5O2. The fraction of sp³-hybridized carbons (Fsp3) is 0.273. The van der Waals surface area contributed by atoms with E-state index in [-0.39, 0.29) is 17.2 Å². The number of hydrogen-bond donors (Lipinski definition) is 3. The minimum atomic E-state index is -0.578. The average Bonchev–Trinajstić information content (AvgIpc) is 2.73. The smallest absolute Gasteiger partial charge is 0.291 e. The van der Waals surface area contributed by atoms with Crippen molar-refractivity contribution in [2.75, 3.05) is 11.4 Å². The van der Waals surface area contributed by atoms with Crippen molar-refractivity contribution < 1.29 is 4.79 Å². The lowest BCUT2D eigenvalue weighted by Gasteiger charge is -2.29. The van der Waals surface area contributed by atoms with E-state index in [1.54, 1.807) is 23.1 Å². The molecule has 0 saturated carbocycles. The van der Waals surface area contributed by atoms with Gasteiger partial charge in [0.1, 0.15) is 5.84 Å². The average molecular weight is 389 g/mol. The summed E-state index contributed by atoms with van der Waals surface area (Å²) >= 11 is 0. The number of aryl methyl sites for hydroxylation is 1. The Labute approximate surface area is 167 Å². The van der Waals surface area contributed by atoms with Gasteiger partial charge in [-0.15, -0.1) is 0 Å². The fourth-order valence-corrected chi connectivity index (χ4v) is 3.90. The van der Waals surface area contributed by atoms with Gasteiger partial charge in [0.2, 0.25) is 0 Å². The lowest BCUT2D eigenvalue weighted by atomic mass is 10.0. The van der Waals surface area contributed by atoms with E-state index in [2.05, 4.69) is 4.98 Å². The molecule has 1 aromatic heterocycles. The van der Waals surface area contributed by atoms with Crippen molar-refractivity contribution in [1.29, 1.82) is 10.8 Å². The Balaban J connectivity index is 1.80. The maximum atomic E-state index is 13.2. The van der Waals surface area contributed by atoms with Crippen molar-refractivity contribution in [3.05, 3.63) is 69.4 Å². The van der Waals surface area contributed by atoms with Gasteiger partial charge >= 0.3 is 0 Å². The summed E-state index contributed by atoms with van der Waals surface area (Å²) in [6, 6.07) is 13.0. The predicted molar refractivity (Wildman–Crippen MR) is 113 cm³/mol. The van der Waals surface area contributed by atoms with Gasteiger partial charge in [-0.3, -0.25) is 25.0 Å². The Hall–Kier alpha value is -3.48. The number of benzene rings is 2. The van der Waals surface area contributed by atoms with Gasteiger partial charge in [-0.1, -0.05) is 25.1 Å². The molecule has 0 fully saturated rings. The van der Waals surface area contributed by atoms with Crippen LogP contribution in [0.25, 0.3) is 11.0 Å². The van der Waals surface area contributed by atoms with Gasteiger partial charge in [0.15, 0.2) is 5.49 Å². The summed E-state index contributed by atoms with van der Waals surface area (Å²) in [6.45, 7) is 2.60. The van der Waals surface area contributed by atoms with E-state index in [4.69, 9.17) is 10.8 Å². The first-order valence-electron chi connectivity index (χ1n) is 9.82. The quantitative estimate of drug-likeness (QED) is 0.473. The van der Waals surface area contributed by atoms with Gasteiger partial charge in [-0.2, -0.15) is 0 Å². The first-order chi connectivity index (χ1) is 14.0. The molecule has 3 N–H and O–H groups in total. The first kappa shape index (κ1) is 18.9. The summed E-state index contributed by atoms with van der Waals surface area (Å²) in [5.41, 5.74) is 2.69. The number of amides is 1. The van der Waals surface area contributed by atoms with E-state index in [0.29, 0.717) is 29.6 Å². The highest BCUT2D eigenvalue weighted by Gasteiger charge is 2.23. The summed E-state index contributed by atoms with van der Waals surface area (Å²) in [5, 5.41) is 16.3. The summed E-state index contributed by atoms with van der Waals surface area (Å²) in [7, 11) is 0. The molecule has 0 saturated heterocycles. The summed E-state index contributed by atoms with van der Waals surface area (Å²) in [5.74, 6) is 0.0719. The van der Waals surface area contributed by atoms with Crippen LogP contribution in [0.3, 0.4) is 0 Å². The molecule has 1 aliphatic rings. The molecule has 3 aromatic rings. The monoisotopic (exact) mass is 389 g/mol. The van der Waals surface area contributed by atoms with E-state index >= 15 is 0 Å². The first-order valence-corrected chi connectivity index (χ1v) is 9.82. The normalized spacial score (nSPS) is 13.3. The number of fused-ring (bicyclic) bond motifs is 2. The van der Waals surface area contributed by atoms with E-state index < -0.39 is 5.56 Å². The van der Waals surface area contributed by atoms with Crippen LogP contribution >= 0.6 is 0 Å². The highest BCUT2D eigenvalue weighted by atomic mass is 16.2. The molecule has 0 atom stereocenters. The van der Waals surface area contributed by atoms with Crippen LogP contribution in [0, 0.1) is 10.8 Å². The lowest BCUT2D eigenvalue weighted by Crippen LogP contribution is -2.40. The molecule has 0 aliphatic carbocycles. The number of para-hydroxylation sites is 1. The number of aromatic nitrogens is 2. The zero-order valence-corrected chi connectivity index (χ0v) is 16.3. The molecule has 148 valence electrons. The Morgan fingerprint density at radius 3 is 2.79 bits per heavy atom. The molecule has 0 radical (unpaired) electrons. The molecular weight excluding hydrogens is 366 g/mol. The van der Waals surface area contributed by atoms with E-state index in [1.807, 2.05) is 31.2 Å². The van der Waals surface area contributed by atoms with Crippen molar-refractivity contribution in [3.8, 4) is 0 Å². The third-order valence-corrected chi connectivity index (χ3v) is 5.28. The molecule has 0 bridgehead atoms. The molecule has 0 unspecified atom stereocenters. The number of rotatable bonds is 3. The number of aromatic amines is 1. The minimum Gasteiger partial charge on any atom is -0.317 e. The van der Waals surface area contributed by atoms with Crippen LogP contribution in [0.4, 0.5) is 5.69 Å². The summed E-state index contributed by atoms with van der Waals surface area (Å²) in [4.78, 5) is 29.9. The number of carbonyl (C=O) groups is 1. The van der Waals surface area contributed by atoms with Crippen LogP contribution in [-0.4, -0.2) is 27.8 Å². The Morgan fingerprint density at radius 1 is 1.21 bits per heavy atom. The van der Waals surface area contributed by atoms with Crippen LogP contribution in [0.5, 0.6) is 0 Å². The second-order valence-corrected chi connectivity index (χ2v) is 7.26. The van der Waals surface area contributed by atoms with Crippen molar-refractivity contribution in [3.63, 3.8) is 0 Å². The lowest BCUT2D eigenvalue weighted by molar-refractivity contribution is 0.0985. The Morgan fingerprint density at radius 2 is 2.00 bits per heavy atom. The molecule has 7 heteroatoms. The predicted octanol–water partition coefficient (Wildman–Crippen LogP) is 3.03. The number of nitrogens with zero attached hydrogens (tertiary/aromatic N) is 2. The maximum absolute atomic E-state index is 13.2. The molecule has 4 rings (SSSR count). The maximum Gasteiger partial charge on any atom is 0.291 e. The molecule has 7 nitrogen and oxygen atoms in total. The molecule has 29 heavy (non-hydrogen) atoms. The van der Waals surface area contributed by atoms with Crippen molar-refractivity contribution in [2.24, 2.45) is 0 Å². The number of hydrogen-bond acceptors (Lipinski definition) is 4. The summed E-state index contributed by atoms with van der Waals surface area (Å²) in [6.07, 6.45) is 3.06. The highest BCUT2D eigenvalue weighted by molar-refractivity contribution is 6.08. The van der Waals surface area contributed by atoms with Crippen LogP contribution in [0.15, 0.2) is 47.3 Å². The van der Waals surface area contributed by atoms with Crippen molar-refractivity contribution in [1.82, 2.24) is 9.55 Å². The molecule has 0 spiro atoms. The summed E-state index contributed by atoms with van der Waals surface area (Å²) < 4.78 is 1.35. The zero-order valence-electron chi connectivity index (χ0n) is 16.3. The van der Waals surface area contributed by atoms with E-state index in [1.165, 1.54) is 4.57 Å². The molecule has 2 aromatic carbocycles. The minimum absolute atomic E-state index is 0.120. The van der Waals surface area contributed by atoms with Gasteiger partial charge < -0.3 is 9.88 Å². The molecule has 1 amide bonds. The van der Waals surface area contributed by atoms with Crippen molar-refractivity contribution in [2.45, 2.75) is 32.6 Å². The Bertz CT molecular complexity index is 1240. The molecule has 1 aliphatic heterocycles. The zero-order chi connectivity index (χ0) is 20.5. The number of anilines is 1. The van der Waals surface area contributed by atoms with Crippen LogP contribution in [0.2, 0.25) is 0 Å². The number of carbonyl (C=O) groups excluding carboxylic acids is 1. The van der Waals surface area contributed by atoms with Crippen LogP contribution < -0.4 is 15.9 Å². The largest absolute Gasteiger partial charge is 0.317 e. The van der Waals surface area contributed by atoms with Crippen molar-refractivity contribution >= 4 is 28.5 Å². The topological polar surface area (TPSA) is 106 Å². The highest BCUT2D eigenvalue weighted by Crippen LogP contribution is 2.28. The second-order valence-electron chi connectivity index (χ2n) is 7.26. The van der Waals surface area contributed by atoms with Gasteiger partial charge in [-0.25, -0.2) is 0 Å². The standard InChI is InChI=1S/C22H23N5O2/c1-2-6-19(23)27-18-11-10-15(13-16(18)25-21(28)20(27)24)22(29)26-12-5-8-14-7-3-4-9-17(14)26/h3-4,7,9-11,13,23-24H,2,5-6,8,12H2,1H3,(H,25,28). The van der Waals surface area contributed by atoms with Crippen LogP contribution in [0.1, 0.15) is 42.1 Å². The number of nitrogens with one attached hydrogen (secondary N) is 3. The third kappa shape index (κ3) is 3.29. The van der Waals surface area contributed by atoms with Gasteiger partial charge in [0, 0.05) is 24.2 Å². The van der Waals surface area contributed by atoms with Gasteiger partial charge in [-0.05, 0) is 49.1 Å². The van der Waals surface area contributed by atoms with Crippen LogP contribution in [-0.2, 0) is 6.42 Å².